The Morgan fingerprint density at radius 3 is 1.79 bits per heavy atom. The topological polar surface area (TPSA) is 27.0 Å². The monoisotopic (exact) mass is 258 g/mol. The predicted molar refractivity (Wildman–Crippen MR) is 82.3 cm³/mol. The van der Waals surface area contributed by atoms with Crippen LogP contribution >= 0.6 is 0 Å². The van der Waals surface area contributed by atoms with Crippen LogP contribution < -0.4 is 4.90 Å². The average molecular weight is 258 g/mol. The third-order valence-corrected chi connectivity index (χ3v) is 3.31. The Bertz CT molecular complexity index is 386. The summed E-state index contributed by atoms with van der Waals surface area (Å²) < 4.78 is 0. The Hall–Kier alpha value is -1.49. The first-order valence-electron chi connectivity index (χ1n) is 7.28. The second-order valence-corrected chi connectivity index (χ2v) is 6.01. The number of hydrogen-bond donors (Lipinski definition) is 0. The third kappa shape index (κ3) is 5.79. The molecule has 2 heteroatoms. The molecule has 0 heterocycles. The minimum atomic E-state index is 0.722. The van der Waals surface area contributed by atoms with E-state index in [-0.39, 0.29) is 0 Å². The average Bonchev–Trinajstić information content (AvgIpc) is 2.38. The number of nitriles is 1. The molecule has 0 saturated heterocycles. The zero-order valence-electron chi connectivity index (χ0n) is 12.7. The lowest BCUT2D eigenvalue weighted by Gasteiger charge is -2.26. The van der Waals surface area contributed by atoms with Crippen LogP contribution in [0.1, 0.15) is 46.1 Å². The summed E-state index contributed by atoms with van der Waals surface area (Å²) in [5.74, 6) is 1.44. The summed E-state index contributed by atoms with van der Waals surface area (Å²) in [4.78, 5) is 2.45. The van der Waals surface area contributed by atoms with Crippen molar-refractivity contribution in [2.24, 2.45) is 11.8 Å². The van der Waals surface area contributed by atoms with Crippen molar-refractivity contribution >= 4 is 5.69 Å². The highest BCUT2D eigenvalue weighted by molar-refractivity contribution is 5.49. The van der Waals surface area contributed by atoms with Crippen LogP contribution in [0.5, 0.6) is 0 Å². The van der Waals surface area contributed by atoms with E-state index in [9.17, 15) is 0 Å². The normalized spacial score (nSPS) is 10.8. The van der Waals surface area contributed by atoms with Gasteiger partial charge in [-0.05, 0) is 48.9 Å². The second kappa shape index (κ2) is 7.84. The minimum Gasteiger partial charge on any atom is -0.372 e. The smallest absolute Gasteiger partial charge is 0.0991 e. The lowest BCUT2D eigenvalue weighted by atomic mass is 10.1. The predicted octanol–water partition coefficient (Wildman–Crippen LogP) is 4.46. The molecule has 0 fully saturated rings. The van der Waals surface area contributed by atoms with Gasteiger partial charge in [0.25, 0.3) is 0 Å². The largest absolute Gasteiger partial charge is 0.372 e. The molecule has 0 aliphatic heterocycles. The first-order valence-corrected chi connectivity index (χ1v) is 7.28. The van der Waals surface area contributed by atoms with Crippen molar-refractivity contribution in [1.82, 2.24) is 0 Å². The van der Waals surface area contributed by atoms with Crippen LogP contribution in [0.4, 0.5) is 5.69 Å². The summed E-state index contributed by atoms with van der Waals surface area (Å²) in [5.41, 5.74) is 1.97. The van der Waals surface area contributed by atoms with Gasteiger partial charge in [0.1, 0.15) is 0 Å². The summed E-state index contributed by atoms with van der Waals surface area (Å²) in [6.07, 6.45) is 2.41. The summed E-state index contributed by atoms with van der Waals surface area (Å²) in [7, 11) is 0. The van der Waals surface area contributed by atoms with Crippen molar-refractivity contribution in [2.75, 3.05) is 18.0 Å². The van der Waals surface area contributed by atoms with Gasteiger partial charge in [-0.2, -0.15) is 5.26 Å². The standard InChI is InChI=1S/C17H26N2/c1-14(2)9-11-19(12-10-15(3)4)17-7-5-16(13-18)6-8-17/h5-8,14-15H,9-12H2,1-4H3. The number of hydrogen-bond acceptors (Lipinski definition) is 2. The highest BCUT2D eigenvalue weighted by Crippen LogP contribution is 2.18. The quantitative estimate of drug-likeness (QED) is 0.722. The van der Waals surface area contributed by atoms with Gasteiger partial charge in [0.05, 0.1) is 11.6 Å². The maximum absolute atomic E-state index is 8.86. The van der Waals surface area contributed by atoms with Crippen molar-refractivity contribution in [3.8, 4) is 6.07 Å². The number of rotatable bonds is 7. The molecule has 0 atom stereocenters. The van der Waals surface area contributed by atoms with Gasteiger partial charge in [-0.3, -0.25) is 0 Å². The zero-order chi connectivity index (χ0) is 14.3. The van der Waals surface area contributed by atoms with Gasteiger partial charge in [-0.25, -0.2) is 0 Å². The number of anilines is 1. The zero-order valence-corrected chi connectivity index (χ0v) is 12.7. The second-order valence-electron chi connectivity index (χ2n) is 6.01. The summed E-state index contributed by atoms with van der Waals surface area (Å²) in [5, 5.41) is 8.86. The maximum atomic E-state index is 8.86. The fraction of sp³-hybridized carbons (Fsp3) is 0.588. The van der Waals surface area contributed by atoms with Crippen LogP contribution in [-0.2, 0) is 0 Å². The SMILES string of the molecule is CC(C)CCN(CCC(C)C)c1ccc(C#N)cc1. The molecule has 0 aliphatic carbocycles. The molecule has 0 spiro atoms. The van der Waals surface area contributed by atoms with Crippen molar-refractivity contribution in [1.29, 1.82) is 5.26 Å². The molecule has 0 amide bonds. The molecular formula is C17H26N2. The van der Waals surface area contributed by atoms with Gasteiger partial charge in [0.2, 0.25) is 0 Å². The highest BCUT2D eigenvalue weighted by atomic mass is 15.1. The lowest BCUT2D eigenvalue weighted by Crippen LogP contribution is -2.27. The van der Waals surface area contributed by atoms with Gasteiger partial charge in [-0.15, -0.1) is 0 Å². The van der Waals surface area contributed by atoms with E-state index < -0.39 is 0 Å². The Morgan fingerprint density at radius 1 is 0.947 bits per heavy atom. The van der Waals surface area contributed by atoms with Gasteiger partial charge in [0.15, 0.2) is 0 Å². The number of benzene rings is 1. The molecule has 0 radical (unpaired) electrons. The van der Waals surface area contributed by atoms with Crippen molar-refractivity contribution in [2.45, 2.75) is 40.5 Å². The molecule has 1 rings (SSSR count). The molecule has 0 bridgehead atoms. The van der Waals surface area contributed by atoms with Crippen LogP contribution in [0.2, 0.25) is 0 Å². The van der Waals surface area contributed by atoms with Crippen LogP contribution in [0, 0.1) is 23.2 Å². The van der Waals surface area contributed by atoms with E-state index in [0.717, 1.165) is 30.5 Å². The van der Waals surface area contributed by atoms with Crippen LogP contribution in [-0.4, -0.2) is 13.1 Å². The minimum absolute atomic E-state index is 0.722. The third-order valence-electron chi connectivity index (χ3n) is 3.31. The molecule has 1 aromatic carbocycles. The first kappa shape index (κ1) is 15.6. The van der Waals surface area contributed by atoms with E-state index in [1.54, 1.807) is 0 Å². The van der Waals surface area contributed by atoms with Crippen molar-refractivity contribution in [3.05, 3.63) is 29.8 Å². The Morgan fingerprint density at radius 2 is 1.42 bits per heavy atom. The molecule has 104 valence electrons. The molecule has 0 aliphatic rings. The number of nitrogens with zero attached hydrogens (tertiary/aromatic N) is 2. The summed E-state index contributed by atoms with van der Waals surface area (Å²) in [6.45, 7) is 11.2. The highest BCUT2D eigenvalue weighted by Gasteiger charge is 2.08. The van der Waals surface area contributed by atoms with Crippen LogP contribution in [0.25, 0.3) is 0 Å². The molecule has 1 aromatic rings. The first-order chi connectivity index (χ1) is 9.02. The Balaban J connectivity index is 2.72. The van der Waals surface area contributed by atoms with Gasteiger partial charge < -0.3 is 4.90 Å². The Kier molecular flexibility index (Phi) is 6.42. The molecular weight excluding hydrogens is 232 g/mol. The van der Waals surface area contributed by atoms with Gasteiger partial charge in [-0.1, -0.05) is 27.7 Å². The van der Waals surface area contributed by atoms with E-state index in [4.69, 9.17) is 5.26 Å². The molecule has 0 unspecified atom stereocenters. The molecule has 0 saturated carbocycles. The van der Waals surface area contributed by atoms with E-state index >= 15 is 0 Å². The fourth-order valence-corrected chi connectivity index (χ4v) is 1.94. The van der Waals surface area contributed by atoms with Crippen molar-refractivity contribution in [3.63, 3.8) is 0 Å². The Labute approximate surface area is 118 Å². The van der Waals surface area contributed by atoms with E-state index in [1.807, 2.05) is 12.1 Å². The molecule has 0 N–H and O–H groups in total. The van der Waals surface area contributed by atoms with E-state index in [0.29, 0.717) is 0 Å². The van der Waals surface area contributed by atoms with Crippen LogP contribution in [0.15, 0.2) is 24.3 Å². The molecule has 0 aromatic heterocycles. The van der Waals surface area contributed by atoms with Crippen LogP contribution in [0.3, 0.4) is 0 Å². The van der Waals surface area contributed by atoms with Crippen molar-refractivity contribution < 1.29 is 0 Å². The summed E-state index contributed by atoms with van der Waals surface area (Å²) >= 11 is 0. The van der Waals surface area contributed by atoms with E-state index in [2.05, 4.69) is 50.8 Å². The van der Waals surface area contributed by atoms with E-state index in [1.165, 1.54) is 18.5 Å². The maximum Gasteiger partial charge on any atom is 0.0991 e. The molecule has 19 heavy (non-hydrogen) atoms. The fourth-order valence-electron chi connectivity index (χ4n) is 1.94. The lowest BCUT2D eigenvalue weighted by molar-refractivity contribution is 0.535. The van der Waals surface area contributed by atoms with Gasteiger partial charge in [0, 0.05) is 18.8 Å². The van der Waals surface area contributed by atoms with Gasteiger partial charge >= 0.3 is 0 Å². The molecule has 2 nitrogen and oxygen atoms in total. The summed E-state index contributed by atoms with van der Waals surface area (Å²) in [6, 6.07) is 10.1.